The van der Waals surface area contributed by atoms with Crippen molar-refractivity contribution in [1.29, 1.82) is 0 Å². The molecule has 1 aliphatic carbocycles. The van der Waals surface area contributed by atoms with Crippen molar-refractivity contribution in [1.82, 2.24) is 20.5 Å². The predicted octanol–water partition coefficient (Wildman–Crippen LogP) is -0.488. The van der Waals surface area contributed by atoms with Crippen LogP contribution in [0.15, 0.2) is 0 Å². The molecule has 1 amide bonds. The second kappa shape index (κ2) is 5.13. The first-order valence-corrected chi connectivity index (χ1v) is 5.56. The van der Waals surface area contributed by atoms with Crippen molar-refractivity contribution in [3.05, 3.63) is 11.6 Å². The van der Waals surface area contributed by atoms with Gasteiger partial charge >= 0.3 is 5.97 Å². The van der Waals surface area contributed by atoms with Crippen molar-refractivity contribution in [2.75, 3.05) is 13.7 Å². The van der Waals surface area contributed by atoms with Crippen LogP contribution in [0, 0.1) is 0 Å². The number of carboxylic acids is 1. The van der Waals surface area contributed by atoms with Crippen LogP contribution in [0.2, 0.25) is 0 Å². The molecule has 1 saturated carbocycles. The Morgan fingerprint density at radius 2 is 2.33 bits per heavy atom. The highest BCUT2D eigenvalue weighted by atomic mass is 16.5. The Balaban J connectivity index is 1.98. The van der Waals surface area contributed by atoms with Crippen LogP contribution in [-0.2, 0) is 9.53 Å². The summed E-state index contributed by atoms with van der Waals surface area (Å²) >= 11 is 0. The molecule has 0 radical (unpaired) electrons. The van der Waals surface area contributed by atoms with Crippen molar-refractivity contribution in [2.24, 2.45) is 0 Å². The Labute approximate surface area is 103 Å². The molecule has 0 bridgehead atoms. The third-order valence-electron chi connectivity index (χ3n) is 2.61. The zero-order chi connectivity index (χ0) is 13.1. The number of rotatable bonds is 6. The first-order chi connectivity index (χ1) is 8.61. The third-order valence-corrected chi connectivity index (χ3v) is 2.61. The van der Waals surface area contributed by atoms with Crippen LogP contribution in [0.4, 0.5) is 0 Å². The van der Waals surface area contributed by atoms with Crippen LogP contribution in [-0.4, -0.2) is 51.9 Å². The predicted molar refractivity (Wildman–Crippen MR) is 59.1 cm³/mol. The minimum atomic E-state index is -1.16. The van der Waals surface area contributed by atoms with Gasteiger partial charge in [0.2, 0.25) is 5.82 Å². The van der Waals surface area contributed by atoms with E-state index in [-0.39, 0.29) is 12.4 Å². The highest BCUT2D eigenvalue weighted by Gasteiger charge is 2.29. The van der Waals surface area contributed by atoms with Crippen LogP contribution >= 0.6 is 0 Å². The first-order valence-electron chi connectivity index (χ1n) is 5.56. The summed E-state index contributed by atoms with van der Waals surface area (Å²) in [5.41, 5.74) is 0. The number of aliphatic carboxylic acids is 1. The van der Waals surface area contributed by atoms with Gasteiger partial charge in [0.1, 0.15) is 5.82 Å². The molecule has 0 aromatic carbocycles. The number of aromatic nitrogens is 3. The number of amides is 1. The molecule has 1 atom stereocenters. The lowest BCUT2D eigenvalue weighted by atomic mass is 10.3. The molecule has 0 spiro atoms. The molecule has 3 N–H and O–H groups in total. The van der Waals surface area contributed by atoms with Crippen LogP contribution < -0.4 is 5.32 Å². The lowest BCUT2D eigenvalue weighted by Crippen LogP contribution is -2.44. The summed E-state index contributed by atoms with van der Waals surface area (Å²) in [5, 5.41) is 17.6. The van der Waals surface area contributed by atoms with Crippen LogP contribution in [0.25, 0.3) is 0 Å². The van der Waals surface area contributed by atoms with E-state index in [1.54, 1.807) is 0 Å². The number of methoxy groups -OCH3 is 1. The van der Waals surface area contributed by atoms with Crippen molar-refractivity contribution < 1.29 is 19.4 Å². The van der Waals surface area contributed by atoms with E-state index < -0.39 is 17.9 Å². The average molecular weight is 254 g/mol. The fourth-order valence-corrected chi connectivity index (χ4v) is 1.48. The van der Waals surface area contributed by atoms with Crippen molar-refractivity contribution in [3.8, 4) is 0 Å². The van der Waals surface area contributed by atoms with Gasteiger partial charge in [0, 0.05) is 13.0 Å². The zero-order valence-corrected chi connectivity index (χ0v) is 9.84. The van der Waals surface area contributed by atoms with Gasteiger partial charge in [0.25, 0.3) is 5.91 Å². The summed E-state index contributed by atoms with van der Waals surface area (Å²) < 4.78 is 4.71. The second-order valence-electron chi connectivity index (χ2n) is 4.14. The van der Waals surface area contributed by atoms with Crippen LogP contribution in [0.1, 0.15) is 35.2 Å². The number of nitrogens with one attached hydrogen (secondary N) is 2. The molecule has 8 nitrogen and oxygen atoms in total. The molecular weight excluding hydrogens is 240 g/mol. The van der Waals surface area contributed by atoms with Crippen LogP contribution in [0.5, 0.6) is 0 Å². The van der Waals surface area contributed by atoms with Gasteiger partial charge in [-0.05, 0) is 12.8 Å². The standard InChI is InChI=1S/C10H14N4O4/c1-18-4-6(10(16)17)11-9(15)8-12-7(13-14-8)5-2-3-5/h5-6H,2-4H2,1H3,(H,11,15)(H,16,17)(H,12,13,14). The normalized spacial score (nSPS) is 16.3. The van der Waals surface area contributed by atoms with E-state index in [4.69, 9.17) is 9.84 Å². The Morgan fingerprint density at radius 1 is 1.61 bits per heavy atom. The lowest BCUT2D eigenvalue weighted by molar-refractivity contribution is -0.140. The average Bonchev–Trinajstić information content (AvgIpc) is 3.06. The zero-order valence-electron chi connectivity index (χ0n) is 9.84. The molecule has 18 heavy (non-hydrogen) atoms. The Bertz CT molecular complexity index is 454. The Morgan fingerprint density at radius 3 is 2.89 bits per heavy atom. The van der Waals surface area contributed by atoms with Gasteiger partial charge in [-0.1, -0.05) is 0 Å². The van der Waals surface area contributed by atoms with E-state index in [9.17, 15) is 9.59 Å². The van der Waals surface area contributed by atoms with Gasteiger partial charge in [0.05, 0.1) is 6.61 Å². The molecule has 0 saturated heterocycles. The summed E-state index contributed by atoms with van der Waals surface area (Å²) in [6.45, 7) is -0.110. The number of ether oxygens (including phenoxy) is 1. The number of hydrogen-bond donors (Lipinski definition) is 3. The number of aromatic amines is 1. The summed E-state index contributed by atoms with van der Waals surface area (Å²) in [7, 11) is 1.36. The molecule has 2 rings (SSSR count). The lowest BCUT2D eigenvalue weighted by Gasteiger charge is -2.11. The number of carbonyl (C=O) groups is 2. The Hall–Kier alpha value is -1.96. The van der Waals surface area contributed by atoms with E-state index in [0.717, 1.165) is 12.8 Å². The summed E-state index contributed by atoms with van der Waals surface area (Å²) in [6.07, 6.45) is 2.08. The van der Waals surface area contributed by atoms with Gasteiger partial charge in [-0.15, -0.1) is 5.10 Å². The molecule has 8 heteroatoms. The minimum absolute atomic E-state index is 0.0424. The highest BCUT2D eigenvalue weighted by Crippen LogP contribution is 2.37. The molecule has 1 aromatic rings. The second-order valence-corrected chi connectivity index (χ2v) is 4.14. The number of hydrogen-bond acceptors (Lipinski definition) is 5. The SMILES string of the molecule is COCC(NC(=O)c1n[nH]c(C2CC2)n1)C(=O)O. The largest absolute Gasteiger partial charge is 0.480 e. The smallest absolute Gasteiger partial charge is 0.328 e. The summed E-state index contributed by atoms with van der Waals surface area (Å²) in [5.74, 6) is -0.794. The topological polar surface area (TPSA) is 117 Å². The van der Waals surface area contributed by atoms with E-state index in [1.165, 1.54) is 7.11 Å². The number of carbonyl (C=O) groups excluding carboxylic acids is 1. The maximum atomic E-state index is 11.7. The van der Waals surface area contributed by atoms with E-state index in [2.05, 4.69) is 20.5 Å². The molecule has 1 unspecified atom stereocenters. The van der Waals surface area contributed by atoms with Gasteiger partial charge < -0.3 is 15.2 Å². The maximum Gasteiger partial charge on any atom is 0.328 e. The maximum absolute atomic E-state index is 11.7. The molecule has 1 aromatic heterocycles. The van der Waals surface area contributed by atoms with Crippen LogP contribution in [0.3, 0.4) is 0 Å². The Kier molecular flexibility index (Phi) is 3.56. The van der Waals surface area contributed by atoms with E-state index >= 15 is 0 Å². The molecular formula is C10H14N4O4. The van der Waals surface area contributed by atoms with Crippen molar-refractivity contribution in [3.63, 3.8) is 0 Å². The summed E-state index contributed by atoms with van der Waals surface area (Å²) in [6, 6.07) is -1.11. The van der Waals surface area contributed by atoms with E-state index in [1.807, 2.05) is 0 Å². The first kappa shape index (κ1) is 12.5. The number of H-pyrrole nitrogens is 1. The van der Waals surface area contributed by atoms with Crippen molar-refractivity contribution in [2.45, 2.75) is 24.8 Å². The monoisotopic (exact) mass is 254 g/mol. The third kappa shape index (κ3) is 2.83. The molecule has 1 fully saturated rings. The minimum Gasteiger partial charge on any atom is -0.480 e. The number of nitrogens with zero attached hydrogens (tertiary/aromatic N) is 2. The van der Waals surface area contributed by atoms with Gasteiger partial charge in [-0.2, -0.15) is 0 Å². The quantitative estimate of drug-likeness (QED) is 0.630. The van der Waals surface area contributed by atoms with Crippen molar-refractivity contribution >= 4 is 11.9 Å². The summed E-state index contributed by atoms with van der Waals surface area (Å²) in [4.78, 5) is 26.6. The molecule has 98 valence electrons. The molecule has 1 heterocycles. The van der Waals surface area contributed by atoms with E-state index in [0.29, 0.717) is 11.7 Å². The molecule has 1 aliphatic rings. The highest BCUT2D eigenvalue weighted by molar-refractivity contribution is 5.93. The van der Waals surface area contributed by atoms with Gasteiger partial charge in [-0.3, -0.25) is 9.89 Å². The fourth-order valence-electron chi connectivity index (χ4n) is 1.48. The molecule has 0 aliphatic heterocycles. The van der Waals surface area contributed by atoms with Gasteiger partial charge in [0.15, 0.2) is 6.04 Å². The van der Waals surface area contributed by atoms with Gasteiger partial charge in [-0.25, -0.2) is 9.78 Å². The fraction of sp³-hybridized carbons (Fsp3) is 0.600. The number of carboxylic acid groups (broad SMARTS) is 1.